The molecule has 0 radical (unpaired) electrons. The Bertz CT molecular complexity index is 535. The number of carbonyl (C=O) groups is 1. The van der Waals surface area contributed by atoms with Crippen LogP contribution >= 0.6 is 0 Å². The lowest BCUT2D eigenvalue weighted by atomic mass is 10.3. The zero-order valence-electron chi connectivity index (χ0n) is 9.87. The number of anilines is 1. The highest BCUT2D eigenvalue weighted by Gasteiger charge is 2.05. The number of aromatic carboxylic acids is 1. The predicted octanol–water partition coefficient (Wildman–Crippen LogP) is 1.00. The van der Waals surface area contributed by atoms with Crippen molar-refractivity contribution in [1.29, 1.82) is 0 Å². The number of pyridine rings is 1. The average Bonchev–Trinajstić information content (AvgIpc) is 2.84. The molecule has 0 fully saturated rings. The van der Waals surface area contributed by atoms with E-state index in [1.807, 2.05) is 11.5 Å². The fourth-order valence-corrected chi connectivity index (χ4v) is 1.47. The van der Waals surface area contributed by atoms with E-state index >= 15 is 0 Å². The molecule has 0 saturated carbocycles. The summed E-state index contributed by atoms with van der Waals surface area (Å²) in [5, 5.41) is 19.6. The average molecular weight is 247 g/mol. The number of nitrogens with zero attached hydrogens (tertiary/aromatic N) is 4. The summed E-state index contributed by atoms with van der Waals surface area (Å²) in [7, 11) is 0. The molecule has 7 heteroatoms. The van der Waals surface area contributed by atoms with Crippen LogP contribution in [0.5, 0.6) is 0 Å². The van der Waals surface area contributed by atoms with Crippen LogP contribution in [0.15, 0.2) is 24.7 Å². The van der Waals surface area contributed by atoms with E-state index in [4.69, 9.17) is 5.11 Å². The first kappa shape index (κ1) is 12.0. The van der Waals surface area contributed by atoms with Gasteiger partial charge in [0, 0.05) is 12.7 Å². The highest BCUT2D eigenvalue weighted by Crippen LogP contribution is 2.06. The van der Waals surface area contributed by atoms with E-state index in [0.717, 1.165) is 12.4 Å². The van der Waals surface area contributed by atoms with Crippen LogP contribution in [0.4, 0.5) is 5.82 Å². The zero-order valence-corrected chi connectivity index (χ0v) is 9.87. The van der Waals surface area contributed by atoms with Crippen LogP contribution in [-0.2, 0) is 13.1 Å². The molecule has 94 valence electrons. The molecule has 0 spiro atoms. The second kappa shape index (κ2) is 5.26. The lowest BCUT2D eigenvalue weighted by Gasteiger charge is -2.06. The third-order valence-corrected chi connectivity index (χ3v) is 2.47. The van der Waals surface area contributed by atoms with E-state index in [9.17, 15) is 4.79 Å². The summed E-state index contributed by atoms with van der Waals surface area (Å²) in [5.74, 6) is 0.423. The number of aryl methyl sites for hydroxylation is 1. The number of carboxylic acids is 1. The van der Waals surface area contributed by atoms with Gasteiger partial charge in [-0.2, -0.15) is 0 Å². The van der Waals surface area contributed by atoms with Crippen molar-refractivity contribution in [3.05, 3.63) is 36.0 Å². The molecule has 2 aromatic rings. The SMILES string of the molecule is CCn1cnnc1CNc1ccc(C(=O)O)cn1. The monoisotopic (exact) mass is 247 g/mol. The molecule has 18 heavy (non-hydrogen) atoms. The second-order valence-corrected chi connectivity index (χ2v) is 3.62. The van der Waals surface area contributed by atoms with Crippen molar-refractivity contribution >= 4 is 11.8 Å². The molecule has 0 aliphatic heterocycles. The number of hydrogen-bond acceptors (Lipinski definition) is 5. The molecule has 0 saturated heterocycles. The van der Waals surface area contributed by atoms with Crippen LogP contribution in [-0.4, -0.2) is 30.8 Å². The minimum atomic E-state index is -0.986. The van der Waals surface area contributed by atoms with Gasteiger partial charge < -0.3 is 15.0 Å². The molecule has 2 aromatic heterocycles. The van der Waals surface area contributed by atoms with Crippen molar-refractivity contribution < 1.29 is 9.90 Å². The summed E-state index contributed by atoms with van der Waals surface area (Å²) >= 11 is 0. The normalized spacial score (nSPS) is 10.3. The van der Waals surface area contributed by atoms with E-state index in [1.54, 1.807) is 12.4 Å². The number of carboxylic acid groups (broad SMARTS) is 1. The quantitative estimate of drug-likeness (QED) is 0.818. The van der Waals surface area contributed by atoms with Gasteiger partial charge in [-0.05, 0) is 19.1 Å². The first-order chi connectivity index (χ1) is 8.70. The van der Waals surface area contributed by atoms with Gasteiger partial charge in [-0.25, -0.2) is 9.78 Å². The lowest BCUT2D eigenvalue weighted by molar-refractivity contribution is 0.0696. The molecule has 0 amide bonds. The Hall–Kier alpha value is -2.44. The van der Waals surface area contributed by atoms with Gasteiger partial charge in [-0.1, -0.05) is 0 Å². The molecular formula is C11H13N5O2. The van der Waals surface area contributed by atoms with Gasteiger partial charge in [0.1, 0.15) is 12.1 Å². The second-order valence-electron chi connectivity index (χ2n) is 3.62. The van der Waals surface area contributed by atoms with Gasteiger partial charge in [0.25, 0.3) is 0 Å². The first-order valence-corrected chi connectivity index (χ1v) is 5.50. The first-order valence-electron chi connectivity index (χ1n) is 5.50. The van der Waals surface area contributed by atoms with Gasteiger partial charge in [0.05, 0.1) is 12.1 Å². The molecular weight excluding hydrogens is 234 g/mol. The van der Waals surface area contributed by atoms with Crippen molar-refractivity contribution in [3.8, 4) is 0 Å². The Kier molecular flexibility index (Phi) is 3.52. The molecule has 0 aliphatic carbocycles. The smallest absolute Gasteiger partial charge is 0.337 e. The molecule has 0 aromatic carbocycles. The number of nitrogens with one attached hydrogen (secondary N) is 1. The maximum atomic E-state index is 10.7. The molecule has 2 heterocycles. The summed E-state index contributed by atoms with van der Waals surface area (Å²) < 4.78 is 1.92. The Balaban J connectivity index is 2.00. The van der Waals surface area contributed by atoms with E-state index in [1.165, 1.54) is 12.3 Å². The third kappa shape index (κ3) is 2.62. The van der Waals surface area contributed by atoms with E-state index < -0.39 is 5.97 Å². The highest BCUT2D eigenvalue weighted by molar-refractivity contribution is 5.87. The highest BCUT2D eigenvalue weighted by atomic mass is 16.4. The standard InChI is InChI=1S/C11H13N5O2/c1-2-16-7-14-15-10(16)6-13-9-4-3-8(5-12-9)11(17)18/h3-5,7H,2,6H2,1H3,(H,12,13)(H,17,18). The van der Waals surface area contributed by atoms with Crippen molar-refractivity contribution in [2.45, 2.75) is 20.0 Å². The topological polar surface area (TPSA) is 92.9 Å². The Morgan fingerprint density at radius 2 is 2.33 bits per heavy atom. The summed E-state index contributed by atoms with van der Waals surface area (Å²) in [6, 6.07) is 3.12. The maximum Gasteiger partial charge on any atom is 0.337 e. The number of aromatic nitrogens is 4. The summed E-state index contributed by atoms with van der Waals surface area (Å²) in [4.78, 5) is 14.7. The van der Waals surface area contributed by atoms with E-state index in [2.05, 4.69) is 20.5 Å². The number of rotatable bonds is 5. The van der Waals surface area contributed by atoms with Crippen molar-refractivity contribution in [3.63, 3.8) is 0 Å². The van der Waals surface area contributed by atoms with Crippen molar-refractivity contribution in [2.75, 3.05) is 5.32 Å². The Morgan fingerprint density at radius 1 is 1.50 bits per heavy atom. The summed E-state index contributed by atoms with van der Waals surface area (Å²) in [5.41, 5.74) is 0.164. The molecule has 7 nitrogen and oxygen atoms in total. The van der Waals surface area contributed by atoms with Gasteiger partial charge in [0.2, 0.25) is 0 Å². The maximum absolute atomic E-state index is 10.7. The Morgan fingerprint density at radius 3 is 2.94 bits per heavy atom. The van der Waals surface area contributed by atoms with Gasteiger partial charge >= 0.3 is 5.97 Å². The number of hydrogen-bond donors (Lipinski definition) is 2. The van der Waals surface area contributed by atoms with Crippen LogP contribution < -0.4 is 5.32 Å². The summed E-state index contributed by atoms with van der Waals surface area (Å²) in [6.07, 6.45) is 2.98. The fraction of sp³-hybridized carbons (Fsp3) is 0.273. The van der Waals surface area contributed by atoms with E-state index in [-0.39, 0.29) is 5.56 Å². The largest absolute Gasteiger partial charge is 0.478 e. The molecule has 0 bridgehead atoms. The summed E-state index contributed by atoms with van der Waals surface area (Å²) in [6.45, 7) is 3.30. The van der Waals surface area contributed by atoms with Crippen molar-refractivity contribution in [1.82, 2.24) is 19.7 Å². The molecule has 0 atom stereocenters. The molecule has 2 rings (SSSR count). The van der Waals surface area contributed by atoms with Crippen LogP contribution in [0.25, 0.3) is 0 Å². The lowest BCUT2D eigenvalue weighted by Crippen LogP contribution is -2.08. The minimum absolute atomic E-state index is 0.164. The minimum Gasteiger partial charge on any atom is -0.478 e. The zero-order chi connectivity index (χ0) is 13.0. The fourth-order valence-electron chi connectivity index (χ4n) is 1.47. The van der Waals surface area contributed by atoms with Gasteiger partial charge in [-0.15, -0.1) is 10.2 Å². The third-order valence-electron chi connectivity index (χ3n) is 2.47. The Labute approximate surface area is 104 Å². The molecule has 0 unspecified atom stereocenters. The predicted molar refractivity (Wildman–Crippen MR) is 64.2 cm³/mol. The molecule has 2 N–H and O–H groups in total. The van der Waals surface area contributed by atoms with Gasteiger partial charge in [0.15, 0.2) is 5.82 Å². The van der Waals surface area contributed by atoms with E-state index in [0.29, 0.717) is 12.4 Å². The van der Waals surface area contributed by atoms with Crippen LogP contribution in [0.3, 0.4) is 0 Å². The van der Waals surface area contributed by atoms with Crippen LogP contribution in [0.1, 0.15) is 23.1 Å². The van der Waals surface area contributed by atoms with Crippen LogP contribution in [0.2, 0.25) is 0 Å². The van der Waals surface area contributed by atoms with Crippen molar-refractivity contribution in [2.24, 2.45) is 0 Å². The molecule has 0 aliphatic rings. The van der Waals surface area contributed by atoms with Crippen LogP contribution in [0, 0.1) is 0 Å². The van der Waals surface area contributed by atoms with Gasteiger partial charge in [-0.3, -0.25) is 0 Å².